The summed E-state index contributed by atoms with van der Waals surface area (Å²) < 4.78 is 12.7. The molecule has 2 nitrogen and oxygen atoms in total. The minimum atomic E-state index is 0.874. The summed E-state index contributed by atoms with van der Waals surface area (Å²) in [5.41, 5.74) is 9.78. The van der Waals surface area contributed by atoms with E-state index in [2.05, 4.69) is 55.4 Å². The molecule has 0 aliphatic carbocycles. The summed E-state index contributed by atoms with van der Waals surface area (Å²) >= 11 is 0. The molecule has 0 unspecified atom stereocenters. The van der Waals surface area contributed by atoms with Gasteiger partial charge >= 0.3 is 0 Å². The largest absolute Gasteiger partial charge is 0.449 e. The second kappa shape index (κ2) is 4.77. The van der Waals surface area contributed by atoms with Crippen molar-refractivity contribution in [3.05, 3.63) is 44.5 Å². The summed E-state index contributed by atoms with van der Waals surface area (Å²) in [7, 11) is 0. The smallest absolute Gasteiger partial charge is 0.173 e. The van der Waals surface area contributed by atoms with Gasteiger partial charge in [0.2, 0.25) is 0 Å². The molecule has 2 aromatic rings. The highest BCUT2D eigenvalue weighted by atomic mass is 16.6. The first-order valence-corrected chi connectivity index (χ1v) is 7.82. The van der Waals surface area contributed by atoms with E-state index in [-0.39, 0.29) is 0 Å². The average Bonchev–Trinajstić information content (AvgIpc) is 2.52. The van der Waals surface area contributed by atoms with Crippen molar-refractivity contribution in [3.8, 4) is 23.0 Å². The Morgan fingerprint density at radius 1 is 0.318 bits per heavy atom. The molecule has 0 bridgehead atoms. The van der Waals surface area contributed by atoms with Gasteiger partial charge in [0, 0.05) is 0 Å². The SMILES string of the molecule is Cc1c(C)c(C)c2c(c1C)Oc1c(C)c(C)c(C)c(C)c1O2. The summed E-state index contributed by atoms with van der Waals surface area (Å²) in [6.45, 7) is 17.0. The normalized spacial score (nSPS) is 12.4. The van der Waals surface area contributed by atoms with E-state index in [4.69, 9.17) is 9.47 Å². The van der Waals surface area contributed by atoms with E-state index in [1.807, 2.05) is 0 Å². The van der Waals surface area contributed by atoms with Gasteiger partial charge in [0.15, 0.2) is 23.0 Å². The molecule has 0 amide bonds. The number of fused-ring (bicyclic) bond motifs is 2. The van der Waals surface area contributed by atoms with Crippen LogP contribution in [-0.4, -0.2) is 0 Å². The summed E-state index contributed by atoms with van der Waals surface area (Å²) in [6, 6.07) is 0. The molecule has 0 saturated carbocycles. The molecule has 0 aromatic heterocycles. The number of benzene rings is 2. The maximum absolute atomic E-state index is 6.35. The van der Waals surface area contributed by atoms with Crippen LogP contribution in [0.4, 0.5) is 0 Å². The van der Waals surface area contributed by atoms with Gasteiger partial charge < -0.3 is 9.47 Å². The van der Waals surface area contributed by atoms with E-state index in [0.29, 0.717) is 0 Å². The molecule has 1 heterocycles. The van der Waals surface area contributed by atoms with Crippen molar-refractivity contribution in [2.45, 2.75) is 55.4 Å². The van der Waals surface area contributed by atoms with Crippen LogP contribution in [0.3, 0.4) is 0 Å². The molecule has 0 atom stereocenters. The minimum Gasteiger partial charge on any atom is -0.449 e. The summed E-state index contributed by atoms with van der Waals surface area (Å²) in [6.07, 6.45) is 0. The van der Waals surface area contributed by atoms with Gasteiger partial charge in [-0.15, -0.1) is 0 Å². The molecule has 22 heavy (non-hydrogen) atoms. The van der Waals surface area contributed by atoms with Crippen molar-refractivity contribution in [2.24, 2.45) is 0 Å². The summed E-state index contributed by atoms with van der Waals surface area (Å²) in [4.78, 5) is 0. The number of hydrogen-bond acceptors (Lipinski definition) is 2. The van der Waals surface area contributed by atoms with Crippen molar-refractivity contribution in [1.82, 2.24) is 0 Å². The lowest BCUT2D eigenvalue weighted by Gasteiger charge is -2.29. The number of ether oxygens (including phenoxy) is 2. The van der Waals surface area contributed by atoms with Crippen LogP contribution < -0.4 is 9.47 Å². The van der Waals surface area contributed by atoms with Crippen LogP contribution in [0.5, 0.6) is 23.0 Å². The molecule has 116 valence electrons. The topological polar surface area (TPSA) is 18.5 Å². The van der Waals surface area contributed by atoms with Crippen molar-refractivity contribution in [2.75, 3.05) is 0 Å². The second-order valence-electron chi connectivity index (χ2n) is 6.52. The first kappa shape index (κ1) is 15.0. The quantitative estimate of drug-likeness (QED) is 0.502. The first-order valence-electron chi connectivity index (χ1n) is 7.82. The third-order valence-corrected chi connectivity index (χ3v) is 5.56. The Morgan fingerprint density at radius 2 is 0.500 bits per heavy atom. The predicted molar refractivity (Wildman–Crippen MR) is 90.9 cm³/mol. The zero-order chi connectivity index (χ0) is 16.3. The Kier molecular flexibility index (Phi) is 3.24. The van der Waals surface area contributed by atoms with Crippen LogP contribution in [0.2, 0.25) is 0 Å². The minimum absolute atomic E-state index is 0.874. The molecule has 0 spiro atoms. The van der Waals surface area contributed by atoms with Crippen molar-refractivity contribution in [3.63, 3.8) is 0 Å². The molecule has 0 N–H and O–H groups in total. The standard InChI is InChI=1S/C20H24O2/c1-9-10(2)14(6)18-17(13(9)5)21-19-15(7)11(3)12(4)16(8)20(19)22-18/h1-8H3. The molecule has 2 aromatic carbocycles. The van der Waals surface area contributed by atoms with E-state index in [1.165, 1.54) is 44.5 Å². The molecular formula is C20H24O2. The molecular weight excluding hydrogens is 272 g/mol. The van der Waals surface area contributed by atoms with E-state index < -0.39 is 0 Å². The van der Waals surface area contributed by atoms with E-state index in [9.17, 15) is 0 Å². The summed E-state index contributed by atoms with van der Waals surface area (Å²) in [5.74, 6) is 3.50. The number of hydrogen-bond donors (Lipinski definition) is 0. The maximum Gasteiger partial charge on any atom is 0.173 e. The highest BCUT2D eigenvalue weighted by Crippen LogP contribution is 2.53. The third-order valence-electron chi connectivity index (χ3n) is 5.56. The lowest BCUT2D eigenvalue weighted by atomic mass is 9.94. The Bertz CT molecular complexity index is 678. The second-order valence-corrected chi connectivity index (χ2v) is 6.52. The molecule has 3 rings (SSSR count). The van der Waals surface area contributed by atoms with Gasteiger partial charge in [0.1, 0.15) is 0 Å². The third kappa shape index (κ3) is 1.79. The van der Waals surface area contributed by atoms with Crippen LogP contribution in [0.15, 0.2) is 0 Å². The lowest BCUT2D eigenvalue weighted by Crippen LogP contribution is -2.09. The van der Waals surface area contributed by atoms with Gasteiger partial charge in [0.25, 0.3) is 0 Å². The maximum atomic E-state index is 6.35. The fourth-order valence-corrected chi connectivity index (χ4v) is 3.18. The van der Waals surface area contributed by atoms with E-state index >= 15 is 0 Å². The predicted octanol–water partition coefficient (Wildman–Crippen LogP) is 6.05. The van der Waals surface area contributed by atoms with Crippen molar-refractivity contribution < 1.29 is 9.47 Å². The molecule has 0 saturated heterocycles. The molecule has 1 aliphatic rings. The molecule has 0 radical (unpaired) electrons. The zero-order valence-corrected chi connectivity index (χ0v) is 14.8. The Balaban J connectivity index is 2.32. The van der Waals surface area contributed by atoms with E-state index in [1.54, 1.807) is 0 Å². The van der Waals surface area contributed by atoms with Crippen molar-refractivity contribution >= 4 is 0 Å². The van der Waals surface area contributed by atoms with Crippen LogP contribution >= 0.6 is 0 Å². The van der Waals surface area contributed by atoms with Crippen molar-refractivity contribution in [1.29, 1.82) is 0 Å². The van der Waals surface area contributed by atoms with Gasteiger partial charge in [-0.25, -0.2) is 0 Å². The molecule has 2 heteroatoms. The fraction of sp³-hybridized carbons (Fsp3) is 0.400. The van der Waals surface area contributed by atoms with Gasteiger partial charge in [0.05, 0.1) is 0 Å². The first-order chi connectivity index (χ1) is 10.3. The average molecular weight is 296 g/mol. The zero-order valence-electron chi connectivity index (χ0n) is 14.8. The van der Waals surface area contributed by atoms with Gasteiger partial charge in [-0.05, 0) is 99.9 Å². The van der Waals surface area contributed by atoms with Gasteiger partial charge in [-0.2, -0.15) is 0 Å². The number of rotatable bonds is 0. The summed E-state index contributed by atoms with van der Waals surface area (Å²) in [5, 5.41) is 0. The van der Waals surface area contributed by atoms with Gasteiger partial charge in [-0.3, -0.25) is 0 Å². The highest BCUT2D eigenvalue weighted by molar-refractivity contribution is 5.68. The highest BCUT2D eigenvalue weighted by Gasteiger charge is 2.29. The van der Waals surface area contributed by atoms with Crippen LogP contribution in [-0.2, 0) is 0 Å². The van der Waals surface area contributed by atoms with Gasteiger partial charge in [-0.1, -0.05) is 0 Å². The lowest BCUT2D eigenvalue weighted by molar-refractivity contribution is 0.350. The molecule has 1 aliphatic heterocycles. The van der Waals surface area contributed by atoms with Crippen LogP contribution in [0.1, 0.15) is 44.5 Å². The van der Waals surface area contributed by atoms with Crippen LogP contribution in [0, 0.1) is 55.4 Å². The van der Waals surface area contributed by atoms with Crippen LogP contribution in [0.25, 0.3) is 0 Å². The Hall–Kier alpha value is -1.96. The Morgan fingerprint density at radius 3 is 0.682 bits per heavy atom. The fourth-order valence-electron chi connectivity index (χ4n) is 3.18. The van der Waals surface area contributed by atoms with E-state index in [0.717, 1.165) is 23.0 Å². The Labute approximate surface area is 133 Å². The molecule has 0 fully saturated rings. The monoisotopic (exact) mass is 296 g/mol.